The van der Waals surface area contributed by atoms with Crippen LogP contribution in [0.1, 0.15) is 37.4 Å². The second kappa shape index (κ2) is 9.58. The molecule has 5 heteroatoms. The maximum Gasteiger partial charge on any atom is 0.254 e. The number of halogens is 1. The SMILES string of the molecule is Cc1ccc(C(=O)c2ccccc2C(=O)N2CCN(Cc3ccccc3Br)CC2)cc1. The summed E-state index contributed by atoms with van der Waals surface area (Å²) in [4.78, 5) is 30.6. The molecule has 1 amide bonds. The number of hydrogen-bond acceptors (Lipinski definition) is 3. The van der Waals surface area contributed by atoms with Gasteiger partial charge >= 0.3 is 0 Å². The maximum absolute atomic E-state index is 13.3. The van der Waals surface area contributed by atoms with Gasteiger partial charge in [0.25, 0.3) is 5.91 Å². The topological polar surface area (TPSA) is 40.6 Å². The molecule has 1 saturated heterocycles. The fourth-order valence-corrected chi connectivity index (χ4v) is 4.29. The molecule has 0 spiro atoms. The van der Waals surface area contributed by atoms with Gasteiger partial charge in [0.15, 0.2) is 5.78 Å². The highest BCUT2D eigenvalue weighted by molar-refractivity contribution is 9.10. The first-order valence-corrected chi connectivity index (χ1v) is 11.3. The molecule has 0 saturated carbocycles. The number of aryl methyl sites for hydroxylation is 1. The van der Waals surface area contributed by atoms with Gasteiger partial charge in [-0.25, -0.2) is 0 Å². The zero-order valence-electron chi connectivity index (χ0n) is 17.6. The Morgan fingerprint density at radius 1 is 0.806 bits per heavy atom. The number of rotatable bonds is 5. The van der Waals surface area contributed by atoms with E-state index >= 15 is 0 Å². The highest BCUT2D eigenvalue weighted by Crippen LogP contribution is 2.21. The Hall–Kier alpha value is -2.76. The minimum absolute atomic E-state index is 0.0726. The van der Waals surface area contributed by atoms with E-state index in [4.69, 9.17) is 0 Å². The second-order valence-corrected chi connectivity index (χ2v) is 8.75. The van der Waals surface area contributed by atoms with Crippen LogP contribution < -0.4 is 0 Å². The summed E-state index contributed by atoms with van der Waals surface area (Å²) < 4.78 is 1.11. The van der Waals surface area contributed by atoms with Crippen LogP contribution in [0.4, 0.5) is 0 Å². The number of carbonyl (C=O) groups excluding carboxylic acids is 2. The lowest BCUT2D eigenvalue weighted by Gasteiger charge is -2.35. The van der Waals surface area contributed by atoms with E-state index in [1.54, 1.807) is 12.1 Å². The highest BCUT2D eigenvalue weighted by atomic mass is 79.9. The molecule has 3 aromatic carbocycles. The van der Waals surface area contributed by atoms with Gasteiger partial charge in [-0.05, 0) is 24.6 Å². The Bertz CT molecular complexity index is 1090. The minimum atomic E-state index is -0.114. The van der Waals surface area contributed by atoms with Crippen LogP contribution >= 0.6 is 15.9 Å². The third-order valence-corrected chi connectivity index (χ3v) is 6.50. The van der Waals surface area contributed by atoms with Crippen molar-refractivity contribution in [1.82, 2.24) is 9.80 Å². The number of hydrogen-bond donors (Lipinski definition) is 0. The van der Waals surface area contributed by atoms with Crippen molar-refractivity contribution in [2.24, 2.45) is 0 Å². The molecule has 3 aromatic rings. The molecule has 1 aliphatic rings. The molecule has 0 aliphatic carbocycles. The summed E-state index contributed by atoms with van der Waals surface area (Å²) in [5.41, 5.74) is 3.89. The third-order valence-electron chi connectivity index (χ3n) is 5.73. The minimum Gasteiger partial charge on any atom is -0.336 e. The van der Waals surface area contributed by atoms with Crippen LogP contribution in [0, 0.1) is 6.92 Å². The van der Waals surface area contributed by atoms with Crippen molar-refractivity contribution in [3.05, 3.63) is 105 Å². The Morgan fingerprint density at radius 3 is 2.10 bits per heavy atom. The smallest absolute Gasteiger partial charge is 0.254 e. The first-order valence-electron chi connectivity index (χ1n) is 10.5. The van der Waals surface area contributed by atoms with Gasteiger partial charge in [0.2, 0.25) is 0 Å². The van der Waals surface area contributed by atoms with Crippen molar-refractivity contribution in [1.29, 1.82) is 0 Å². The standard InChI is InChI=1S/C26H25BrN2O2/c1-19-10-12-20(13-11-19)25(30)22-7-3-4-8-23(22)26(31)29-16-14-28(15-17-29)18-21-6-2-5-9-24(21)27/h2-13H,14-18H2,1H3. The van der Waals surface area contributed by atoms with Crippen molar-refractivity contribution in [3.8, 4) is 0 Å². The van der Waals surface area contributed by atoms with Crippen molar-refractivity contribution >= 4 is 27.6 Å². The highest BCUT2D eigenvalue weighted by Gasteiger charge is 2.26. The normalized spacial score (nSPS) is 14.5. The number of piperazine rings is 1. The summed E-state index contributed by atoms with van der Waals surface area (Å²) in [5, 5.41) is 0. The number of nitrogens with zero attached hydrogens (tertiary/aromatic N) is 2. The fraction of sp³-hybridized carbons (Fsp3) is 0.231. The summed E-state index contributed by atoms with van der Waals surface area (Å²) in [7, 11) is 0. The summed E-state index contributed by atoms with van der Waals surface area (Å²) in [6.45, 7) is 5.75. The Morgan fingerprint density at radius 2 is 1.42 bits per heavy atom. The van der Waals surface area contributed by atoms with Gasteiger partial charge in [-0.1, -0.05) is 82.2 Å². The van der Waals surface area contributed by atoms with E-state index in [2.05, 4.69) is 33.0 Å². The molecule has 0 bridgehead atoms. The van der Waals surface area contributed by atoms with Gasteiger partial charge < -0.3 is 4.90 Å². The number of carbonyl (C=O) groups is 2. The Kier molecular flexibility index (Phi) is 6.64. The third kappa shape index (κ3) is 4.94. The first kappa shape index (κ1) is 21.5. The van der Waals surface area contributed by atoms with Gasteiger partial charge in [0.05, 0.1) is 5.56 Å². The molecule has 1 heterocycles. The predicted molar refractivity (Wildman–Crippen MR) is 126 cm³/mol. The van der Waals surface area contributed by atoms with Gasteiger partial charge in [-0.2, -0.15) is 0 Å². The zero-order chi connectivity index (χ0) is 21.8. The molecule has 0 atom stereocenters. The van der Waals surface area contributed by atoms with E-state index in [1.165, 1.54) is 5.56 Å². The molecule has 0 radical (unpaired) electrons. The quantitative estimate of drug-likeness (QED) is 0.489. The number of amides is 1. The van der Waals surface area contributed by atoms with Crippen LogP contribution in [0.2, 0.25) is 0 Å². The average Bonchev–Trinajstić information content (AvgIpc) is 2.81. The predicted octanol–water partition coefficient (Wildman–Crippen LogP) is 4.95. The van der Waals surface area contributed by atoms with Gasteiger partial charge in [-0.15, -0.1) is 0 Å². The molecule has 31 heavy (non-hydrogen) atoms. The second-order valence-electron chi connectivity index (χ2n) is 7.90. The molecule has 4 nitrogen and oxygen atoms in total. The lowest BCUT2D eigenvalue weighted by Crippen LogP contribution is -2.48. The van der Waals surface area contributed by atoms with E-state index < -0.39 is 0 Å². The van der Waals surface area contributed by atoms with E-state index in [0.717, 1.165) is 29.7 Å². The lowest BCUT2D eigenvalue weighted by atomic mass is 9.97. The molecule has 0 N–H and O–H groups in total. The van der Waals surface area contributed by atoms with E-state index in [-0.39, 0.29) is 11.7 Å². The number of ketones is 1. The molecular weight excluding hydrogens is 452 g/mol. The molecule has 1 fully saturated rings. The zero-order valence-corrected chi connectivity index (χ0v) is 19.1. The van der Waals surface area contributed by atoms with Crippen LogP contribution in [0.25, 0.3) is 0 Å². The Labute approximate surface area is 191 Å². The maximum atomic E-state index is 13.3. The van der Waals surface area contributed by atoms with Gasteiger partial charge in [0.1, 0.15) is 0 Å². The van der Waals surface area contributed by atoms with E-state index in [9.17, 15) is 9.59 Å². The van der Waals surface area contributed by atoms with E-state index in [1.807, 2.05) is 60.4 Å². The van der Waals surface area contributed by atoms with Crippen LogP contribution in [0.15, 0.2) is 77.3 Å². The Balaban J connectivity index is 1.45. The van der Waals surface area contributed by atoms with Crippen LogP contribution in [0.5, 0.6) is 0 Å². The molecule has 0 unspecified atom stereocenters. The molecule has 4 rings (SSSR count). The van der Waals surface area contributed by atoms with Gasteiger partial charge in [-0.3, -0.25) is 14.5 Å². The lowest BCUT2D eigenvalue weighted by molar-refractivity contribution is 0.0625. The summed E-state index contributed by atoms with van der Waals surface area (Å²) >= 11 is 3.61. The van der Waals surface area contributed by atoms with Crippen LogP contribution in [-0.2, 0) is 6.54 Å². The molecular formula is C26H25BrN2O2. The van der Waals surface area contributed by atoms with Gasteiger partial charge in [0, 0.05) is 48.3 Å². The van der Waals surface area contributed by atoms with E-state index in [0.29, 0.717) is 29.8 Å². The van der Waals surface area contributed by atoms with Crippen LogP contribution in [-0.4, -0.2) is 47.7 Å². The summed E-state index contributed by atoms with van der Waals surface area (Å²) in [6, 6.07) is 22.8. The summed E-state index contributed by atoms with van der Waals surface area (Å²) in [5.74, 6) is -0.187. The number of benzene rings is 3. The van der Waals surface area contributed by atoms with Crippen molar-refractivity contribution in [3.63, 3.8) is 0 Å². The molecule has 158 valence electrons. The largest absolute Gasteiger partial charge is 0.336 e. The van der Waals surface area contributed by atoms with Crippen molar-refractivity contribution in [2.75, 3.05) is 26.2 Å². The first-order chi connectivity index (χ1) is 15.0. The monoisotopic (exact) mass is 476 g/mol. The fourth-order valence-electron chi connectivity index (χ4n) is 3.87. The average molecular weight is 477 g/mol. The van der Waals surface area contributed by atoms with Crippen molar-refractivity contribution in [2.45, 2.75) is 13.5 Å². The van der Waals surface area contributed by atoms with Crippen LogP contribution in [0.3, 0.4) is 0 Å². The van der Waals surface area contributed by atoms with Crippen molar-refractivity contribution < 1.29 is 9.59 Å². The summed E-state index contributed by atoms with van der Waals surface area (Å²) in [6.07, 6.45) is 0. The molecule has 0 aromatic heterocycles. The molecule has 1 aliphatic heterocycles.